The second kappa shape index (κ2) is 10.1. The van der Waals surface area contributed by atoms with E-state index in [2.05, 4.69) is 33.0 Å². The van der Waals surface area contributed by atoms with E-state index < -0.39 is 5.83 Å². The second-order valence-electron chi connectivity index (χ2n) is 4.74. The van der Waals surface area contributed by atoms with E-state index in [0.29, 0.717) is 5.76 Å². The molecule has 0 saturated heterocycles. The molecule has 0 aliphatic heterocycles. The smallest absolute Gasteiger partial charge is 0.272 e. The Morgan fingerprint density at radius 1 is 1.40 bits per heavy atom. The summed E-state index contributed by atoms with van der Waals surface area (Å²) in [6.45, 7) is 12.8. The Bertz CT molecular complexity index is 434. The van der Waals surface area contributed by atoms with Gasteiger partial charge in [-0.25, -0.2) is 9.65 Å². The van der Waals surface area contributed by atoms with Crippen molar-refractivity contribution in [3.05, 3.63) is 48.7 Å². The molecule has 0 rings (SSSR count). The summed E-state index contributed by atoms with van der Waals surface area (Å²) >= 11 is 0. The van der Waals surface area contributed by atoms with Gasteiger partial charge in [-0.2, -0.15) is 0 Å². The van der Waals surface area contributed by atoms with Gasteiger partial charge in [0.05, 0.1) is 6.26 Å². The topological polar surface area (TPSA) is 33.0 Å². The third-order valence-corrected chi connectivity index (χ3v) is 3.07. The van der Waals surface area contributed by atoms with Gasteiger partial charge in [-0.1, -0.05) is 46.7 Å². The number of rotatable bonds is 9. The zero-order valence-electron chi connectivity index (χ0n) is 12.7. The maximum atomic E-state index is 12.5. The lowest BCUT2D eigenvalue weighted by Gasteiger charge is -2.18. The van der Waals surface area contributed by atoms with Gasteiger partial charge >= 0.3 is 0 Å². The Hall–Kier alpha value is -1.76. The van der Waals surface area contributed by atoms with Crippen LogP contribution in [0.25, 0.3) is 0 Å². The molecule has 0 aliphatic carbocycles. The van der Waals surface area contributed by atoms with Gasteiger partial charge in [-0.3, -0.25) is 0 Å². The van der Waals surface area contributed by atoms with Crippen LogP contribution in [0.2, 0.25) is 12.6 Å². The summed E-state index contributed by atoms with van der Waals surface area (Å²) in [7, 11) is 0. The molecular weight excluding hydrogens is 252 g/mol. The Kier molecular flexibility index (Phi) is 9.20. The van der Waals surface area contributed by atoms with Gasteiger partial charge in [-0.15, -0.1) is 0 Å². The van der Waals surface area contributed by atoms with Crippen molar-refractivity contribution in [1.82, 2.24) is 0 Å². The maximum absolute atomic E-state index is 12.5. The van der Waals surface area contributed by atoms with Crippen LogP contribution >= 0.6 is 0 Å². The molecule has 0 saturated carbocycles. The summed E-state index contributed by atoms with van der Waals surface area (Å²) in [6.07, 6.45) is 7.01. The van der Waals surface area contributed by atoms with Crippen LogP contribution in [0.1, 0.15) is 33.1 Å². The van der Waals surface area contributed by atoms with Crippen LogP contribution in [0.4, 0.5) is 4.39 Å². The molecule has 0 radical (unpaired) electrons. The lowest BCUT2D eigenvalue weighted by Crippen LogP contribution is -2.16. The van der Waals surface area contributed by atoms with Crippen LogP contribution in [0.5, 0.6) is 0 Å². The number of nitriles is 1. The summed E-state index contributed by atoms with van der Waals surface area (Å²) in [4.78, 5) is 0. The summed E-state index contributed by atoms with van der Waals surface area (Å²) in [5.41, 5.74) is 1.10. The molecule has 0 fully saturated rings. The molecule has 0 spiro atoms. The number of halogens is 1. The summed E-state index contributed by atoms with van der Waals surface area (Å²) in [6, 6.07) is 0. The SMILES string of the molecule is C=C(F)/C=C\C(=C)O/C=C(\CCC)C(CC)B(C)C#N. The number of allylic oxidation sites excluding steroid dienone is 4. The van der Waals surface area contributed by atoms with Crippen LogP contribution < -0.4 is 0 Å². The van der Waals surface area contributed by atoms with Gasteiger partial charge in [0.25, 0.3) is 6.71 Å². The molecule has 0 amide bonds. The van der Waals surface area contributed by atoms with Gasteiger partial charge < -0.3 is 4.74 Å². The zero-order valence-corrected chi connectivity index (χ0v) is 12.7. The van der Waals surface area contributed by atoms with Crippen LogP contribution in [0.3, 0.4) is 0 Å². The largest absolute Gasteiger partial charge is 0.466 e. The van der Waals surface area contributed by atoms with Crippen LogP contribution in [0.15, 0.2) is 48.7 Å². The number of hydrogen-bond donors (Lipinski definition) is 0. The lowest BCUT2D eigenvalue weighted by molar-refractivity contribution is 0.362. The molecule has 0 aromatic carbocycles. The van der Waals surface area contributed by atoms with Gasteiger partial charge in [0.1, 0.15) is 11.6 Å². The molecule has 108 valence electrons. The Morgan fingerprint density at radius 3 is 2.50 bits per heavy atom. The average Bonchev–Trinajstić information content (AvgIpc) is 2.42. The fourth-order valence-corrected chi connectivity index (χ4v) is 2.02. The van der Waals surface area contributed by atoms with E-state index in [0.717, 1.165) is 24.8 Å². The summed E-state index contributed by atoms with van der Waals surface area (Å²) in [5.74, 6) is 2.26. The third kappa shape index (κ3) is 6.99. The Labute approximate surface area is 122 Å². The van der Waals surface area contributed by atoms with Crippen molar-refractivity contribution in [1.29, 1.82) is 5.26 Å². The molecule has 0 bridgehead atoms. The minimum atomic E-state index is -0.544. The first-order valence-electron chi connectivity index (χ1n) is 6.92. The molecule has 1 unspecified atom stereocenters. The van der Waals surface area contributed by atoms with E-state index in [1.54, 1.807) is 6.26 Å². The highest BCUT2D eigenvalue weighted by Crippen LogP contribution is 2.29. The summed E-state index contributed by atoms with van der Waals surface area (Å²) in [5, 5.41) is 9.08. The van der Waals surface area contributed by atoms with E-state index in [9.17, 15) is 4.39 Å². The van der Waals surface area contributed by atoms with Crippen molar-refractivity contribution in [2.45, 2.75) is 45.8 Å². The van der Waals surface area contributed by atoms with E-state index in [1.165, 1.54) is 12.2 Å². The molecule has 1 atom stereocenters. The van der Waals surface area contributed by atoms with Crippen molar-refractivity contribution in [3.63, 3.8) is 0 Å². The van der Waals surface area contributed by atoms with Crippen molar-refractivity contribution in [2.24, 2.45) is 0 Å². The number of nitrogens with zero attached hydrogens (tertiary/aromatic N) is 1. The van der Waals surface area contributed by atoms with Crippen molar-refractivity contribution < 1.29 is 9.13 Å². The molecule has 0 heterocycles. The maximum Gasteiger partial charge on any atom is 0.272 e. The fourth-order valence-electron chi connectivity index (χ4n) is 2.02. The van der Waals surface area contributed by atoms with Gasteiger partial charge in [0, 0.05) is 5.97 Å². The molecule has 20 heavy (non-hydrogen) atoms. The molecule has 0 aromatic rings. The first-order chi connectivity index (χ1) is 9.46. The predicted molar refractivity (Wildman–Crippen MR) is 83.9 cm³/mol. The van der Waals surface area contributed by atoms with Gasteiger partial charge in [0.2, 0.25) is 0 Å². The quantitative estimate of drug-likeness (QED) is 0.329. The minimum Gasteiger partial charge on any atom is -0.466 e. The number of ether oxygens (including phenoxy) is 1. The van der Waals surface area contributed by atoms with E-state index in [-0.39, 0.29) is 12.5 Å². The third-order valence-electron chi connectivity index (χ3n) is 3.07. The molecule has 0 N–H and O–H groups in total. The second-order valence-corrected chi connectivity index (χ2v) is 4.74. The van der Waals surface area contributed by atoms with Crippen molar-refractivity contribution >= 4 is 6.71 Å². The lowest BCUT2D eigenvalue weighted by atomic mass is 9.42. The van der Waals surface area contributed by atoms with E-state index >= 15 is 0 Å². The molecule has 0 aliphatic rings. The highest BCUT2D eigenvalue weighted by molar-refractivity contribution is 6.67. The normalized spacial score (nSPS) is 12.8. The highest BCUT2D eigenvalue weighted by atomic mass is 19.1. The van der Waals surface area contributed by atoms with Crippen molar-refractivity contribution in [2.75, 3.05) is 0 Å². The standard InChI is InChI=1S/C16H23BFNO/c1-6-8-15(16(7-2)17(5)12-19)11-20-14(4)10-9-13(3)18/h9-11,16H,3-4,6-8H2,1-2,5H3/b10-9-,15-11+. The Morgan fingerprint density at radius 2 is 2.05 bits per heavy atom. The van der Waals surface area contributed by atoms with E-state index in [4.69, 9.17) is 10.00 Å². The van der Waals surface area contributed by atoms with Gasteiger partial charge in [-0.05, 0) is 30.0 Å². The number of hydrogen-bond acceptors (Lipinski definition) is 2. The minimum absolute atomic E-state index is 0.0594. The zero-order chi connectivity index (χ0) is 15.5. The fraction of sp³-hybridized carbons (Fsp3) is 0.438. The predicted octanol–water partition coefficient (Wildman–Crippen LogP) is 5.21. The first-order valence-corrected chi connectivity index (χ1v) is 6.92. The molecule has 2 nitrogen and oxygen atoms in total. The van der Waals surface area contributed by atoms with Crippen LogP contribution in [-0.4, -0.2) is 6.71 Å². The molecule has 0 aromatic heterocycles. The first kappa shape index (κ1) is 18.2. The molecular formula is C16H23BFNO. The van der Waals surface area contributed by atoms with Gasteiger partial charge in [0.15, 0.2) is 0 Å². The van der Waals surface area contributed by atoms with Crippen LogP contribution in [-0.2, 0) is 4.74 Å². The monoisotopic (exact) mass is 275 g/mol. The van der Waals surface area contributed by atoms with Crippen LogP contribution in [0, 0.1) is 11.2 Å². The summed E-state index contributed by atoms with van der Waals surface area (Å²) < 4.78 is 17.9. The highest BCUT2D eigenvalue weighted by Gasteiger charge is 2.23. The van der Waals surface area contributed by atoms with E-state index in [1.807, 2.05) is 6.82 Å². The van der Waals surface area contributed by atoms with Crippen molar-refractivity contribution in [3.8, 4) is 5.97 Å². The average molecular weight is 275 g/mol. The Balaban J connectivity index is 4.89. The molecule has 4 heteroatoms.